The molecule has 0 aliphatic rings. The molecule has 0 heterocycles. The highest BCUT2D eigenvalue weighted by Gasteiger charge is 2.08. The summed E-state index contributed by atoms with van der Waals surface area (Å²) in [6.07, 6.45) is 7.78. The Morgan fingerprint density at radius 2 is 1.94 bits per heavy atom. The van der Waals surface area contributed by atoms with Gasteiger partial charge in [-0.2, -0.15) is 0 Å². The van der Waals surface area contributed by atoms with Crippen LogP contribution in [0.5, 0.6) is 0 Å². The Morgan fingerprint density at radius 3 is 2.44 bits per heavy atom. The van der Waals surface area contributed by atoms with E-state index in [1.54, 1.807) is 6.08 Å². The second kappa shape index (κ2) is 9.93. The van der Waals surface area contributed by atoms with Crippen LogP contribution in [0.4, 0.5) is 0 Å². The summed E-state index contributed by atoms with van der Waals surface area (Å²) in [7, 11) is 0. The number of hydrogen-bond acceptors (Lipinski definition) is 2. The number of carbonyl (C=O) groups excluding carboxylic acids is 1. The van der Waals surface area contributed by atoms with E-state index in [9.17, 15) is 4.79 Å². The fourth-order valence-corrected chi connectivity index (χ4v) is 1.67. The van der Waals surface area contributed by atoms with E-state index in [1.165, 1.54) is 11.1 Å². The van der Waals surface area contributed by atoms with Crippen LogP contribution in [0.1, 0.15) is 60.3 Å². The summed E-state index contributed by atoms with van der Waals surface area (Å²) < 4.78 is 5.16. The molecule has 1 atom stereocenters. The van der Waals surface area contributed by atoms with Crippen molar-refractivity contribution >= 4 is 5.97 Å². The molecular weight excluding hydrogens is 224 g/mol. The highest BCUT2D eigenvalue weighted by atomic mass is 16.5. The minimum Gasteiger partial charge on any atom is -0.463 e. The number of rotatable bonds is 8. The molecule has 0 aliphatic heterocycles. The molecule has 0 saturated heterocycles. The Balaban J connectivity index is 4.36. The lowest BCUT2D eigenvalue weighted by atomic mass is 9.94. The van der Waals surface area contributed by atoms with Crippen molar-refractivity contribution in [1.82, 2.24) is 0 Å². The van der Waals surface area contributed by atoms with Crippen LogP contribution >= 0.6 is 0 Å². The van der Waals surface area contributed by atoms with Crippen molar-refractivity contribution < 1.29 is 9.53 Å². The Morgan fingerprint density at radius 1 is 1.28 bits per heavy atom. The van der Waals surface area contributed by atoms with Crippen molar-refractivity contribution in [2.75, 3.05) is 6.61 Å². The third-order valence-corrected chi connectivity index (χ3v) is 2.97. The van der Waals surface area contributed by atoms with Crippen LogP contribution in [0.15, 0.2) is 23.3 Å². The van der Waals surface area contributed by atoms with Gasteiger partial charge in [0.05, 0.1) is 6.61 Å². The predicted octanol–water partition coefficient (Wildman–Crippen LogP) is 4.66. The molecule has 0 rings (SSSR count). The smallest absolute Gasteiger partial charge is 0.330 e. The van der Waals surface area contributed by atoms with Gasteiger partial charge in [0, 0.05) is 6.08 Å². The number of hydrogen-bond donors (Lipinski definition) is 0. The summed E-state index contributed by atoms with van der Waals surface area (Å²) in [5, 5.41) is 0. The average Bonchev–Trinajstić information content (AvgIpc) is 2.33. The Bertz CT molecular complexity index is 296. The van der Waals surface area contributed by atoms with Crippen molar-refractivity contribution in [3.8, 4) is 0 Å². The number of carbonyl (C=O) groups is 1. The summed E-state index contributed by atoms with van der Waals surface area (Å²) >= 11 is 0. The van der Waals surface area contributed by atoms with Crippen LogP contribution in [0.25, 0.3) is 0 Å². The second-order valence-electron chi connectivity index (χ2n) is 5.01. The SMILES string of the molecule is CCCCOC(=O)C=C(CC)C(C)CC=C(C)C. The number of esters is 1. The van der Waals surface area contributed by atoms with Crippen LogP contribution in [0.2, 0.25) is 0 Å². The maximum Gasteiger partial charge on any atom is 0.330 e. The summed E-state index contributed by atoms with van der Waals surface area (Å²) in [5.41, 5.74) is 2.50. The van der Waals surface area contributed by atoms with Crippen molar-refractivity contribution in [2.24, 2.45) is 5.92 Å². The first-order valence-electron chi connectivity index (χ1n) is 7.01. The van der Waals surface area contributed by atoms with Crippen molar-refractivity contribution in [3.63, 3.8) is 0 Å². The summed E-state index contributed by atoms with van der Waals surface area (Å²) in [6, 6.07) is 0. The van der Waals surface area contributed by atoms with Gasteiger partial charge in [-0.3, -0.25) is 0 Å². The van der Waals surface area contributed by atoms with Crippen LogP contribution in [0, 0.1) is 5.92 Å². The van der Waals surface area contributed by atoms with E-state index >= 15 is 0 Å². The molecule has 0 aromatic rings. The van der Waals surface area contributed by atoms with E-state index in [0.717, 1.165) is 25.7 Å². The van der Waals surface area contributed by atoms with Crippen LogP contribution in [-0.2, 0) is 9.53 Å². The number of allylic oxidation sites excluding steroid dienone is 3. The van der Waals surface area contributed by atoms with E-state index in [-0.39, 0.29) is 5.97 Å². The molecule has 18 heavy (non-hydrogen) atoms. The lowest BCUT2D eigenvalue weighted by Crippen LogP contribution is -2.06. The Hall–Kier alpha value is -1.05. The van der Waals surface area contributed by atoms with Gasteiger partial charge in [-0.15, -0.1) is 0 Å². The van der Waals surface area contributed by atoms with Gasteiger partial charge >= 0.3 is 5.97 Å². The van der Waals surface area contributed by atoms with Crippen molar-refractivity contribution in [2.45, 2.75) is 60.3 Å². The van der Waals surface area contributed by atoms with E-state index in [0.29, 0.717) is 12.5 Å². The largest absolute Gasteiger partial charge is 0.463 e. The summed E-state index contributed by atoms with van der Waals surface area (Å²) in [6.45, 7) is 11.1. The number of unbranched alkanes of at least 4 members (excludes halogenated alkanes) is 1. The average molecular weight is 252 g/mol. The van der Waals surface area contributed by atoms with Crippen LogP contribution < -0.4 is 0 Å². The van der Waals surface area contributed by atoms with E-state index in [2.05, 4.69) is 40.7 Å². The topological polar surface area (TPSA) is 26.3 Å². The molecule has 1 unspecified atom stereocenters. The fraction of sp³-hybridized carbons (Fsp3) is 0.688. The molecule has 2 nitrogen and oxygen atoms in total. The van der Waals surface area contributed by atoms with Gasteiger partial charge in [-0.05, 0) is 39.0 Å². The minimum absolute atomic E-state index is 0.190. The van der Waals surface area contributed by atoms with Gasteiger partial charge in [0.25, 0.3) is 0 Å². The highest BCUT2D eigenvalue weighted by molar-refractivity contribution is 5.82. The molecule has 0 spiro atoms. The quantitative estimate of drug-likeness (QED) is 0.272. The molecule has 0 aliphatic carbocycles. The molecule has 104 valence electrons. The van der Waals surface area contributed by atoms with Crippen LogP contribution in [0.3, 0.4) is 0 Å². The minimum atomic E-state index is -0.190. The second-order valence-corrected chi connectivity index (χ2v) is 5.01. The molecule has 0 amide bonds. The lowest BCUT2D eigenvalue weighted by molar-refractivity contribution is -0.137. The van der Waals surface area contributed by atoms with Gasteiger partial charge in [-0.1, -0.05) is 44.4 Å². The Labute approximate surface area is 112 Å². The van der Waals surface area contributed by atoms with Gasteiger partial charge in [-0.25, -0.2) is 4.79 Å². The summed E-state index contributed by atoms with van der Waals surface area (Å²) in [5.74, 6) is 0.216. The first-order chi connectivity index (χ1) is 8.51. The van der Waals surface area contributed by atoms with Gasteiger partial charge in [0.2, 0.25) is 0 Å². The molecule has 0 saturated carbocycles. The molecular formula is C16H28O2. The maximum absolute atomic E-state index is 11.6. The molecule has 0 aromatic heterocycles. The fourth-order valence-electron chi connectivity index (χ4n) is 1.67. The molecule has 2 heteroatoms. The molecule has 0 fully saturated rings. The molecule has 0 N–H and O–H groups in total. The summed E-state index contributed by atoms with van der Waals surface area (Å²) in [4.78, 5) is 11.6. The first-order valence-corrected chi connectivity index (χ1v) is 7.01. The maximum atomic E-state index is 11.6. The molecule has 0 aromatic carbocycles. The zero-order valence-corrected chi connectivity index (χ0v) is 12.6. The lowest BCUT2D eigenvalue weighted by Gasteiger charge is -2.12. The van der Waals surface area contributed by atoms with Gasteiger partial charge in [0.15, 0.2) is 0 Å². The Kier molecular flexibility index (Phi) is 9.35. The molecule has 0 bridgehead atoms. The third kappa shape index (κ3) is 8.10. The zero-order chi connectivity index (χ0) is 14.0. The van der Waals surface area contributed by atoms with E-state index < -0.39 is 0 Å². The van der Waals surface area contributed by atoms with E-state index in [4.69, 9.17) is 4.74 Å². The monoisotopic (exact) mass is 252 g/mol. The zero-order valence-electron chi connectivity index (χ0n) is 12.6. The van der Waals surface area contributed by atoms with E-state index in [1.807, 2.05) is 0 Å². The molecule has 0 radical (unpaired) electrons. The van der Waals surface area contributed by atoms with Crippen LogP contribution in [-0.4, -0.2) is 12.6 Å². The highest BCUT2D eigenvalue weighted by Crippen LogP contribution is 2.19. The first kappa shape index (κ1) is 16.9. The van der Waals surface area contributed by atoms with Crippen molar-refractivity contribution in [1.29, 1.82) is 0 Å². The van der Waals surface area contributed by atoms with Gasteiger partial charge in [0.1, 0.15) is 0 Å². The predicted molar refractivity (Wildman–Crippen MR) is 77.5 cm³/mol. The normalized spacial score (nSPS) is 13.1. The van der Waals surface area contributed by atoms with Gasteiger partial charge < -0.3 is 4.74 Å². The third-order valence-electron chi connectivity index (χ3n) is 2.97. The number of ether oxygens (including phenoxy) is 1. The standard InChI is InChI=1S/C16H28O2/c1-6-8-11-18-16(17)12-15(7-2)14(5)10-9-13(3)4/h9,12,14H,6-8,10-11H2,1-5H3. The van der Waals surface area contributed by atoms with Crippen molar-refractivity contribution in [3.05, 3.63) is 23.3 Å².